The summed E-state index contributed by atoms with van der Waals surface area (Å²) in [6, 6.07) is 0. The van der Waals surface area contributed by atoms with E-state index in [0.29, 0.717) is 6.42 Å². The fourth-order valence-corrected chi connectivity index (χ4v) is 5.63. The third-order valence-corrected chi connectivity index (χ3v) is 8.25. The van der Waals surface area contributed by atoms with Crippen molar-refractivity contribution in [2.24, 2.45) is 0 Å². The molecule has 1 amide bonds. The Balaban J connectivity index is 3.03. The first-order valence-electron chi connectivity index (χ1n) is 16.8. The molecule has 37 heavy (non-hydrogen) atoms. The number of hydrogen-bond donors (Lipinski definition) is 3. The molecule has 2 N–H and O–H groups in total. The number of nitrogens with one attached hydrogen (secondary N) is 1. The minimum Gasteiger partial charge on any atom is -0.289 e. The van der Waals surface area contributed by atoms with E-state index < -0.39 is 0 Å². The van der Waals surface area contributed by atoms with Gasteiger partial charge >= 0.3 is 0 Å². The van der Waals surface area contributed by atoms with Crippen molar-refractivity contribution in [3.05, 3.63) is 0 Å². The number of hydrogen-bond acceptors (Lipinski definition) is 3. The molecule has 0 aliphatic heterocycles. The number of unbranched alkanes of at least 4 members (excludes halogenated alkanes) is 29. The maximum atomic E-state index is 10.9. The summed E-state index contributed by atoms with van der Waals surface area (Å²) in [5.74, 6) is 0.805. The Morgan fingerprint density at radius 2 is 0.568 bits per heavy atom. The summed E-state index contributed by atoms with van der Waals surface area (Å²) in [4.78, 5) is 10.9. The lowest BCUT2D eigenvalue weighted by atomic mass is 10.0. The summed E-state index contributed by atoms with van der Waals surface area (Å²) < 4.78 is 0. The van der Waals surface area contributed by atoms with Crippen LogP contribution in [-0.4, -0.2) is 16.9 Å². The number of thiol groups is 1. The van der Waals surface area contributed by atoms with Gasteiger partial charge < -0.3 is 0 Å². The fourth-order valence-electron chi connectivity index (χ4n) is 5.40. The molecule has 0 radical (unpaired) electrons. The lowest BCUT2D eigenvalue weighted by Crippen LogP contribution is -2.17. The summed E-state index contributed by atoms with van der Waals surface area (Å²) >= 11 is 4.28. The van der Waals surface area contributed by atoms with E-state index in [1.165, 1.54) is 180 Å². The number of amides is 1. The molecule has 0 aromatic carbocycles. The maximum absolute atomic E-state index is 10.9. The van der Waals surface area contributed by atoms with Crippen molar-refractivity contribution < 1.29 is 10.0 Å². The topological polar surface area (TPSA) is 49.3 Å². The van der Waals surface area contributed by atoms with Crippen LogP contribution in [0.5, 0.6) is 0 Å². The van der Waals surface area contributed by atoms with E-state index in [1.54, 1.807) is 5.48 Å². The first-order chi connectivity index (χ1) is 18.3. The van der Waals surface area contributed by atoms with Gasteiger partial charge in [0, 0.05) is 6.42 Å². The van der Waals surface area contributed by atoms with Crippen LogP contribution in [0.3, 0.4) is 0 Å². The van der Waals surface area contributed by atoms with Crippen molar-refractivity contribution in [1.29, 1.82) is 0 Å². The van der Waals surface area contributed by atoms with Crippen LogP contribution in [0.2, 0.25) is 0 Å². The molecule has 4 heteroatoms. The number of hydroxylamine groups is 1. The van der Waals surface area contributed by atoms with Crippen LogP contribution in [0, 0.1) is 0 Å². The average Bonchev–Trinajstić information content (AvgIpc) is 2.91. The second kappa shape index (κ2) is 33.8. The van der Waals surface area contributed by atoms with Gasteiger partial charge in [-0.2, -0.15) is 12.6 Å². The Hall–Kier alpha value is -0.220. The van der Waals surface area contributed by atoms with Gasteiger partial charge in [0.1, 0.15) is 0 Å². The Morgan fingerprint density at radius 3 is 0.757 bits per heavy atom. The molecule has 0 aromatic rings. The molecule has 0 aliphatic rings. The van der Waals surface area contributed by atoms with Gasteiger partial charge in [-0.25, -0.2) is 5.48 Å². The largest absolute Gasteiger partial charge is 0.289 e. The highest BCUT2D eigenvalue weighted by Gasteiger charge is 1.99. The molecule has 3 nitrogen and oxygen atoms in total. The van der Waals surface area contributed by atoms with Crippen molar-refractivity contribution in [2.75, 3.05) is 5.75 Å². The van der Waals surface area contributed by atoms with Crippen molar-refractivity contribution in [3.8, 4) is 0 Å². The van der Waals surface area contributed by atoms with E-state index in [9.17, 15) is 4.79 Å². The van der Waals surface area contributed by atoms with Crippen LogP contribution in [0.1, 0.15) is 199 Å². The predicted octanol–water partition coefficient (Wildman–Crippen LogP) is 11.5. The highest BCUT2D eigenvalue weighted by atomic mass is 32.1. The first kappa shape index (κ1) is 36.8. The SMILES string of the molecule is O=C(CCCCCCCCCCCCCCCCCCCCCCCCCCCCCCCCS)NO. The Labute approximate surface area is 238 Å². The van der Waals surface area contributed by atoms with Gasteiger partial charge in [0.15, 0.2) is 0 Å². The maximum Gasteiger partial charge on any atom is 0.243 e. The predicted molar refractivity (Wildman–Crippen MR) is 167 cm³/mol. The Bertz CT molecular complexity index is 433. The van der Waals surface area contributed by atoms with Crippen LogP contribution in [0.15, 0.2) is 0 Å². The van der Waals surface area contributed by atoms with Gasteiger partial charge in [-0.05, 0) is 18.6 Å². The second-order valence-electron chi connectivity index (χ2n) is 11.6. The Kier molecular flexibility index (Phi) is 33.6. The molecule has 0 saturated carbocycles. The molecule has 0 fully saturated rings. The molecular formula is C33H67NO2S. The van der Waals surface area contributed by atoms with Gasteiger partial charge in [-0.3, -0.25) is 10.0 Å². The fraction of sp³-hybridized carbons (Fsp3) is 0.970. The molecule has 0 unspecified atom stereocenters. The van der Waals surface area contributed by atoms with Gasteiger partial charge in [-0.1, -0.05) is 180 Å². The monoisotopic (exact) mass is 541 g/mol. The molecular weight excluding hydrogens is 474 g/mol. The van der Waals surface area contributed by atoms with Crippen LogP contribution >= 0.6 is 12.6 Å². The van der Waals surface area contributed by atoms with E-state index in [0.717, 1.165) is 18.6 Å². The van der Waals surface area contributed by atoms with Crippen molar-refractivity contribution >= 4 is 18.5 Å². The summed E-state index contributed by atoms with van der Waals surface area (Å²) in [5, 5.41) is 8.45. The summed E-state index contributed by atoms with van der Waals surface area (Å²) in [6.07, 6.45) is 42.2. The van der Waals surface area contributed by atoms with Crippen LogP contribution < -0.4 is 5.48 Å². The zero-order valence-electron chi connectivity index (χ0n) is 24.9. The van der Waals surface area contributed by atoms with E-state index in [4.69, 9.17) is 5.21 Å². The second-order valence-corrected chi connectivity index (χ2v) is 12.1. The van der Waals surface area contributed by atoms with Gasteiger partial charge in [-0.15, -0.1) is 0 Å². The van der Waals surface area contributed by atoms with E-state index in [1.807, 2.05) is 0 Å². The molecule has 0 rings (SSSR count). The van der Waals surface area contributed by atoms with E-state index in [-0.39, 0.29) is 5.91 Å². The molecule has 0 aliphatic carbocycles. The molecule has 0 heterocycles. The number of carbonyl (C=O) groups is 1. The van der Waals surface area contributed by atoms with E-state index >= 15 is 0 Å². The Morgan fingerprint density at radius 1 is 0.378 bits per heavy atom. The minimum absolute atomic E-state index is 0.255. The van der Waals surface area contributed by atoms with Crippen LogP contribution in [-0.2, 0) is 4.79 Å². The number of rotatable bonds is 32. The highest BCUT2D eigenvalue weighted by molar-refractivity contribution is 7.80. The molecule has 0 atom stereocenters. The van der Waals surface area contributed by atoms with Gasteiger partial charge in [0.2, 0.25) is 5.91 Å². The third-order valence-electron chi connectivity index (χ3n) is 7.94. The molecule has 0 saturated heterocycles. The molecule has 0 bridgehead atoms. The first-order valence-corrected chi connectivity index (χ1v) is 17.5. The lowest BCUT2D eigenvalue weighted by molar-refractivity contribution is -0.129. The van der Waals surface area contributed by atoms with Gasteiger partial charge in [0.05, 0.1) is 0 Å². The normalized spacial score (nSPS) is 11.3. The summed E-state index contributed by atoms with van der Waals surface area (Å²) in [7, 11) is 0. The summed E-state index contributed by atoms with van der Waals surface area (Å²) in [6.45, 7) is 0. The zero-order valence-corrected chi connectivity index (χ0v) is 25.8. The van der Waals surface area contributed by atoms with Crippen LogP contribution in [0.4, 0.5) is 0 Å². The quantitative estimate of drug-likeness (QED) is 0.0343. The zero-order chi connectivity index (χ0) is 26.9. The average molecular weight is 542 g/mol. The molecule has 0 aromatic heterocycles. The third kappa shape index (κ3) is 33.8. The lowest BCUT2D eigenvalue weighted by Gasteiger charge is -2.04. The van der Waals surface area contributed by atoms with E-state index in [2.05, 4.69) is 12.6 Å². The van der Waals surface area contributed by atoms with Crippen LogP contribution in [0.25, 0.3) is 0 Å². The smallest absolute Gasteiger partial charge is 0.243 e. The molecule has 222 valence electrons. The van der Waals surface area contributed by atoms with Gasteiger partial charge in [0.25, 0.3) is 0 Å². The van der Waals surface area contributed by atoms with Crippen molar-refractivity contribution in [1.82, 2.24) is 5.48 Å². The van der Waals surface area contributed by atoms with Crippen molar-refractivity contribution in [2.45, 2.75) is 199 Å². The number of carbonyl (C=O) groups excluding carboxylic acids is 1. The van der Waals surface area contributed by atoms with Crippen molar-refractivity contribution in [3.63, 3.8) is 0 Å². The highest BCUT2D eigenvalue weighted by Crippen LogP contribution is 2.16. The standard InChI is InChI=1S/C33H67NO2S/c35-33(34-36)31-29-27-25-23-21-19-17-15-13-11-9-7-5-3-1-2-4-6-8-10-12-14-16-18-20-22-24-26-28-30-32-37/h36-37H,1-32H2,(H,34,35). The summed E-state index contributed by atoms with van der Waals surface area (Å²) in [5.41, 5.74) is 1.70. The molecule has 0 spiro atoms. The minimum atomic E-state index is -0.255.